The van der Waals surface area contributed by atoms with Gasteiger partial charge >= 0.3 is 0 Å². The molecule has 0 aliphatic rings. The highest BCUT2D eigenvalue weighted by Crippen LogP contribution is 2.27. The van der Waals surface area contributed by atoms with E-state index in [4.69, 9.17) is 16.8 Å². The predicted octanol–water partition coefficient (Wildman–Crippen LogP) is 4.04. The molecule has 0 spiro atoms. The summed E-state index contributed by atoms with van der Waals surface area (Å²) in [5, 5.41) is 9.51. The molecule has 0 aliphatic heterocycles. The zero-order valence-electron chi connectivity index (χ0n) is 12.7. The quantitative estimate of drug-likeness (QED) is 0.429. The molecule has 120 valence electrons. The van der Waals surface area contributed by atoms with Gasteiger partial charge in [-0.05, 0) is 28.8 Å². The molecule has 2 aromatic carbocycles. The number of rotatable bonds is 4. The second-order valence-electron chi connectivity index (χ2n) is 5.31. The molecule has 0 saturated heterocycles. The van der Waals surface area contributed by atoms with Gasteiger partial charge in [-0.1, -0.05) is 66.2 Å². The van der Waals surface area contributed by atoms with Crippen molar-refractivity contribution < 1.29 is 10.0 Å². The lowest BCUT2D eigenvalue weighted by Crippen LogP contribution is -2.27. The number of hydroxylamine groups is 1. The highest BCUT2D eigenvalue weighted by Gasteiger charge is 2.22. The van der Waals surface area contributed by atoms with Crippen LogP contribution in [0.15, 0.2) is 72.9 Å². The van der Waals surface area contributed by atoms with Crippen molar-refractivity contribution in [3.05, 3.63) is 89.2 Å². The van der Waals surface area contributed by atoms with E-state index in [1.54, 1.807) is 17.7 Å². The van der Waals surface area contributed by atoms with Gasteiger partial charge in [-0.15, -0.1) is 0 Å². The zero-order chi connectivity index (χ0) is 16.9. The Morgan fingerprint density at radius 2 is 1.54 bits per heavy atom. The van der Waals surface area contributed by atoms with E-state index in [-0.39, 0.29) is 0 Å². The largest absolute Gasteiger partial charge is 0.289 e. The second-order valence-corrected chi connectivity index (χ2v) is 5.70. The Kier molecular flexibility index (Phi) is 4.89. The van der Waals surface area contributed by atoms with Crippen molar-refractivity contribution in [2.45, 2.75) is 5.92 Å². The van der Waals surface area contributed by atoms with Crippen molar-refractivity contribution >= 4 is 17.5 Å². The van der Waals surface area contributed by atoms with Gasteiger partial charge in [-0.3, -0.25) is 10.0 Å². The molecule has 1 aromatic heterocycles. The number of benzene rings is 2. The normalized spacial score (nSPS) is 11.8. The summed E-state index contributed by atoms with van der Waals surface area (Å²) in [5.41, 5.74) is 5.26. The van der Waals surface area contributed by atoms with E-state index in [1.807, 2.05) is 60.7 Å². The van der Waals surface area contributed by atoms with Crippen molar-refractivity contribution in [1.82, 2.24) is 10.5 Å². The van der Waals surface area contributed by atoms with E-state index in [2.05, 4.69) is 4.98 Å². The number of hydrogen-bond donors (Lipinski definition) is 2. The minimum atomic E-state index is -0.575. The standard InChI is InChI=1S/C19H15ClN2O2/c20-17-11-10-16(12-21-17)13-6-8-15(9-7-13)18(19(23)22-24)14-4-2-1-3-5-14/h1-12,18,24H,(H,22,23). The van der Waals surface area contributed by atoms with Crippen LogP contribution in [0.2, 0.25) is 5.15 Å². The summed E-state index contributed by atoms with van der Waals surface area (Å²) in [7, 11) is 0. The summed E-state index contributed by atoms with van der Waals surface area (Å²) in [6.45, 7) is 0. The Labute approximate surface area is 144 Å². The molecule has 1 amide bonds. The molecule has 0 aliphatic carbocycles. The van der Waals surface area contributed by atoms with Crippen LogP contribution in [0.5, 0.6) is 0 Å². The average Bonchev–Trinajstić information content (AvgIpc) is 2.64. The van der Waals surface area contributed by atoms with E-state index in [1.165, 1.54) is 0 Å². The average molecular weight is 339 g/mol. The van der Waals surface area contributed by atoms with Crippen LogP contribution < -0.4 is 5.48 Å². The Morgan fingerprint density at radius 3 is 2.12 bits per heavy atom. The third-order valence-corrected chi connectivity index (χ3v) is 4.03. The maximum absolute atomic E-state index is 12.1. The molecular weight excluding hydrogens is 324 g/mol. The number of nitrogens with one attached hydrogen (secondary N) is 1. The fourth-order valence-electron chi connectivity index (χ4n) is 2.62. The van der Waals surface area contributed by atoms with Crippen LogP contribution in [0.1, 0.15) is 17.0 Å². The van der Waals surface area contributed by atoms with Crippen LogP contribution in [0, 0.1) is 0 Å². The van der Waals surface area contributed by atoms with Gasteiger partial charge in [0.1, 0.15) is 5.15 Å². The van der Waals surface area contributed by atoms with Gasteiger partial charge in [0, 0.05) is 11.8 Å². The molecule has 2 N–H and O–H groups in total. The smallest absolute Gasteiger partial charge is 0.255 e. The van der Waals surface area contributed by atoms with Gasteiger partial charge < -0.3 is 0 Å². The van der Waals surface area contributed by atoms with Crippen LogP contribution >= 0.6 is 11.6 Å². The first-order valence-electron chi connectivity index (χ1n) is 7.40. The minimum absolute atomic E-state index is 0.444. The molecule has 1 unspecified atom stereocenters. The third-order valence-electron chi connectivity index (χ3n) is 3.81. The first-order valence-corrected chi connectivity index (χ1v) is 7.77. The third kappa shape index (κ3) is 3.45. The van der Waals surface area contributed by atoms with Crippen LogP contribution in [0.25, 0.3) is 11.1 Å². The van der Waals surface area contributed by atoms with Crippen LogP contribution in [-0.4, -0.2) is 16.1 Å². The summed E-state index contributed by atoms with van der Waals surface area (Å²) in [5.74, 6) is -1.05. The fourth-order valence-corrected chi connectivity index (χ4v) is 2.73. The monoisotopic (exact) mass is 338 g/mol. The van der Waals surface area contributed by atoms with Crippen molar-refractivity contribution in [3.8, 4) is 11.1 Å². The molecule has 0 bridgehead atoms. The van der Waals surface area contributed by atoms with Gasteiger partial charge in [0.15, 0.2) is 0 Å². The fraction of sp³-hybridized carbons (Fsp3) is 0.0526. The number of carbonyl (C=O) groups excluding carboxylic acids is 1. The molecule has 24 heavy (non-hydrogen) atoms. The topological polar surface area (TPSA) is 62.2 Å². The first-order chi connectivity index (χ1) is 11.7. The van der Waals surface area contributed by atoms with Crippen LogP contribution in [-0.2, 0) is 4.79 Å². The number of hydrogen-bond acceptors (Lipinski definition) is 3. The maximum Gasteiger partial charge on any atom is 0.255 e. The Bertz CT molecular complexity index is 818. The van der Waals surface area contributed by atoms with Gasteiger partial charge in [0.05, 0.1) is 5.92 Å². The first kappa shape index (κ1) is 16.2. The van der Waals surface area contributed by atoms with Crippen molar-refractivity contribution in [2.24, 2.45) is 0 Å². The number of amides is 1. The Hall–Kier alpha value is -2.69. The second kappa shape index (κ2) is 7.25. The SMILES string of the molecule is O=C(NO)C(c1ccccc1)c1ccc(-c2ccc(Cl)nc2)cc1. The van der Waals surface area contributed by atoms with Crippen LogP contribution in [0.4, 0.5) is 0 Å². The molecule has 4 nitrogen and oxygen atoms in total. The van der Waals surface area contributed by atoms with Gasteiger partial charge in [-0.2, -0.15) is 0 Å². The van der Waals surface area contributed by atoms with E-state index < -0.39 is 11.8 Å². The highest BCUT2D eigenvalue weighted by atomic mass is 35.5. The molecule has 0 fully saturated rings. The number of aromatic nitrogens is 1. The lowest BCUT2D eigenvalue weighted by Gasteiger charge is -2.16. The number of carbonyl (C=O) groups is 1. The molecule has 3 aromatic rings. The van der Waals surface area contributed by atoms with E-state index in [0.717, 1.165) is 22.3 Å². The van der Waals surface area contributed by atoms with Crippen molar-refractivity contribution in [3.63, 3.8) is 0 Å². The van der Waals surface area contributed by atoms with Gasteiger partial charge in [-0.25, -0.2) is 10.5 Å². The number of pyridine rings is 1. The van der Waals surface area contributed by atoms with Gasteiger partial charge in [0.2, 0.25) is 0 Å². The van der Waals surface area contributed by atoms with Crippen LogP contribution in [0.3, 0.4) is 0 Å². The molecule has 0 saturated carbocycles. The van der Waals surface area contributed by atoms with E-state index >= 15 is 0 Å². The summed E-state index contributed by atoms with van der Waals surface area (Å²) in [4.78, 5) is 16.2. The Balaban J connectivity index is 1.95. The van der Waals surface area contributed by atoms with Gasteiger partial charge in [0.25, 0.3) is 5.91 Å². The lowest BCUT2D eigenvalue weighted by atomic mass is 9.89. The molecule has 5 heteroatoms. The molecular formula is C19H15ClN2O2. The number of nitrogens with zero attached hydrogens (tertiary/aromatic N) is 1. The zero-order valence-corrected chi connectivity index (χ0v) is 13.4. The maximum atomic E-state index is 12.1. The summed E-state index contributed by atoms with van der Waals surface area (Å²) in [6, 6.07) is 20.5. The lowest BCUT2D eigenvalue weighted by molar-refractivity contribution is -0.129. The number of halogens is 1. The predicted molar refractivity (Wildman–Crippen MR) is 92.9 cm³/mol. The highest BCUT2D eigenvalue weighted by molar-refractivity contribution is 6.29. The molecule has 3 rings (SSSR count). The van der Waals surface area contributed by atoms with Crippen molar-refractivity contribution in [1.29, 1.82) is 0 Å². The molecule has 0 radical (unpaired) electrons. The van der Waals surface area contributed by atoms with E-state index in [0.29, 0.717) is 5.15 Å². The van der Waals surface area contributed by atoms with E-state index in [9.17, 15) is 4.79 Å². The molecule has 1 heterocycles. The molecule has 1 atom stereocenters. The Morgan fingerprint density at radius 1 is 0.917 bits per heavy atom. The minimum Gasteiger partial charge on any atom is -0.289 e. The summed E-state index contributed by atoms with van der Waals surface area (Å²) >= 11 is 5.81. The summed E-state index contributed by atoms with van der Waals surface area (Å²) < 4.78 is 0. The van der Waals surface area contributed by atoms with Crippen molar-refractivity contribution in [2.75, 3.05) is 0 Å². The summed E-state index contributed by atoms with van der Waals surface area (Å²) in [6.07, 6.45) is 1.70.